The lowest BCUT2D eigenvalue weighted by atomic mass is 10.2. The number of H-pyrrole nitrogens is 1. The van der Waals surface area contributed by atoms with Crippen LogP contribution in [0.2, 0.25) is 0 Å². The lowest BCUT2D eigenvalue weighted by Gasteiger charge is -1.97. The number of hydrogen-bond acceptors (Lipinski definition) is 3. The Morgan fingerprint density at radius 1 is 1.12 bits per heavy atom. The van der Waals surface area contributed by atoms with Crippen LogP contribution in [-0.4, -0.2) is 9.97 Å². The van der Waals surface area contributed by atoms with E-state index in [2.05, 4.69) is 21.4 Å². The van der Waals surface area contributed by atoms with Crippen molar-refractivity contribution in [1.82, 2.24) is 9.97 Å². The van der Waals surface area contributed by atoms with Gasteiger partial charge < -0.3 is 10.7 Å². The van der Waals surface area contributed by atoms with E-state index in [1.807, 2.05) is 36.5 Å². The molecule has 0 amide bonds. The molecule has 0 atom stereocenters. The summed E-state index contributed by atoms with van der Waals surface area (Å²) in [6, 6.07) is 11.8. The fraction of sp³-hybridized carbons (Fsp3) is 0. The van der Waals surface area contributed by atoms with Crippen LogP contribution in [-0.2, 0) is 0 Å². The number of nitrogens with two attached hydrogens (primary N) is 1. The number of nitrogen functional groups attached to an aromatic ring is 1. The average molecular weight is 241 g/mol. The summed E-state index contributed by atoms with van der Waals surface area (Å²) < 4.78 is 0. The third-order valence-corrected chi connectivity index (χ3v) is 3.45. The fourth-order valence-electron chi connectivity index (χ4n) is 1.67. The molecule has 0 spiro atoms. The zero-order valence-electron chi connectivity index (χ0n) is 9.05. The quantitative estimate of drug-likeness (QED) is 0.676. The molecule has 1 aromatic carbocycles. The summed E-state index contributed by atoms with van der Waals surface area (Å²) in [6.07, 6.45) is 1.86. The normalized spacial score (nSPS) is 10.6. The van der Waals surface area contributed by atoms with E-state index in [0.29, 0.717) is 0 Å². The Kier molecular flexibility index (Phi) is 2.42. The van der Waals surface area contributed by atoms with Gasteiger partial charge in [-0.1, -0.05) is 6.07 Å². The molecule has 2 heterocycles. The van der Waals surface area contributed by atoms with Crippen LogP contribution in [0.4, 0.5) is 5.69 Å². The number of aromatic amines is 1. The highest BCUT2D eigenvalue weighted by molar-refractivity contribution is 7.13. The molecule has 3 aromatic rings. The summed E-state index contributed by atoms with van der Waals surface area (Å²) in [6.45, 7) is 0. The molecule has 3 N–H and O–H groups in total. The van der Waals surface area contributed by atoms with Crippen LogP contribution in [0.25, 0.3) is 22.0 Å². The van der Waals surface area contributed by atoms with E-state index < -0.39 is 0 Å². The van der Waals surface area contributed by atoms with E-state index in [1.165, 1.54) is 4.88 Å². The van der Waals surface area contributed by atoms with Crippen LogP contribution in [0.15, 0.2) is 48.0 Å². The van der Waals surface area contributed by atoms with Gasteiger partial charge >= 0.3 is 0 Å². The molecule has 0 bridgehead atoms. The Labute approximate surface area is 103 Å². The SMILES string of the molecule is Nc1ccc(-c2ncc(-c3cccs3)[nH]2)cc1. The molecule has 0 radical (unpaired) electrons. The first kappa shape index (κ1) is 10.1. The average Bonchev–Trinajstić information content (AvgIpc) is 3.00. The van der Waals surface area contributed by atoms with E-state index in [9.17, 15) is 0 Å². The summed E-state index contributed by atoms with van der Waals surface area (Å²) in [5, 5.41) is 2.05. The van der Waals surface area contributed by atoms with Crippen LogP contribution in [0.5, 0.6) is 0 Å². The molecule has 0 aliphatic carbocycles. The molecule has 0 fully saturated rings. The third-order valence-electron chi connectivity index (χ3n) is 2.55. The van der Waals surface area contributed by atoms with Crippen molar-refractivity contribution < 1.29 is 0 Å². The standard InChI is InChI=1S/C13H11N3S/c14-10-5-3-9(4-6-10)13-15-8-11(16-13)12-2-1-7-17-12/h1-8H,14H2,(H,15,16). The summed E-state index contributed by atoms with van der Waals surface area (Å²) in [5.41, 5.74) is 8.51. The van der Waals surface area contributed by atoms with Crippen molar-refractivity contribution in [2.24, 2.45) is 0 Å². The third kappa shape index (κ3) is 1.94. The second kappa shape index (κ2) is 4.07. The van der Waals surface area contributed by atoms with Crippen molar-refractivity contribution in [3.8, 4) is 22.0 Å². The van der Waals surface area contributed by atoms with Gasteiger partial charge in [0, 0.05) is 11.3 Å². The number of nitrogens with one attached hydrogen (secondary N) is 1. The maximum atomic E-state index is 5.66. The van der Waals surface area contributed by atoms with Gasteiger partial charge in [-0.05, 0) is 35.7 Å². The molecule has 3 rings (SSSR count). The molecular formula is C13H11N3S. The highest BCUT2D eigenvalue weighted by atomic mass is 32.1. The Morgan fingerprint density at radius 3 is 2.65 bits per heavy atom. The van der Waals surface area contributed by atoms with Crippen molar-refractivity contribution in [2.75, 3.05) is 5.73 Å². The second-order valence-electron chi connectivity index (χ2n) is 3.74. The van der Waals surface area contributed by atoms with Crippen LogP contribution in [0.1, 0.15) is 0 Å². The Bertz CT molecular complexity index is 608. The van der Waals surface area contributed by atoms with Gasteiger partial charge in [-0.3, -0.25) is 0 Å². The minimum Gasteiger partial charge on any atom is -0.399 e. The smallest absolute Gasteiger partial charge is 0.137 e. The van der Waals surface area contributed by atoms with E-state index >= 15 is 0 Å². The molecule has 4 heteroatoms. The lowest BCUT2D eigenvalue weighted by molar-refractivity contribution is 1.31. The molecule has 0 aliphatic heterocycles. The topological polar surface area (TPSA) is 54.7 Å². The predicted molar refractivity (Wildman–Crippen MR) is 71.7 cm³/mol. The van der Waals surface area contributed by atoms with Gasteiger partial charge in [0.1, 0.15) is 5.82 Å². The van der Waals surface area contributed by atoms with E-state index in [1.54, 1.807) is 11.3 Å². The van der Waals surface area contributed by atoms with Crippen molar-refractivity contribution >= 4 is 17.0 Å². The Morgan fingerprint density at radius 2 is 1.94 bits per heavy atom. The molecule has 0 saturated heterocycles. The highest BCUT2D eigenvalue weighted by Crippen LogP contribution is 2.25. The van der Waals surface area contributed by atoms with Gasteiger partial charge in [0.2, 0.25) is 0 Å². The van der Waals surface area contributed by atoms with Crippen molar-refractivity contribution in [2.45, 2.75) is 0 Å². The number of anilines is 1. The fourth-order valence-corrected chi connectivity index (χ4v) is 2.36. The van der Waals surface area contributed by atoms with E-state index in [4.69, 9.17) is 5.73 Å². The molecule has 3 nitrogen and oxygen atoms in total. The monoisotopic (exact) mass is 241 g/mol. The number of nitrogens with zero attached hydrogens (tertiary/aromatic N) is 1. The van der Waals surface area contributed by atoms with Crippen molar-refractivity contribution in [1.29, 1.82) is 0 Å². The van der Waals surface area contributed by atoms with Gasteiger partial charge in [-0.25, -0.2) is 4.98 Å². The number of hydrogen-bond donors (Lipinski definition) is 2. The lowest BCUT2D eigenvalue weighted by Crippen LogP contribution is -1.85. The number of benzene rings is 1. The largest absolute Gasteiger partial charge is 0.399 e. The Balaban J connectivity index is 1.98. The zero-order chi connectivity index (χ0) is 11.7. The Hall–Kier alpha value is -2.07. The van der Waals surface area contributed by atoms with E-state index in [0.717, 1.165) is 22.8 Å². The minimum absolute atomic E-state index is 0.763. The van der Waals surface area contributed by atoms with Gasteiger partial charge in [0.25, 0.3) is 0 Å². The summed E-state index contributed by atoms with van der Waals surface area (Å²) >= 11 is 1.70. The molecule has 0 unspecified atom stereocenters. The maximum absolute atomic E-state index is 5.66. The van der Waals surface area contributed by atoms with Gasteiger partial charge in [-0.2, -0.15) is 0 Å². The highest BCUT2D eigenvalue weighted by Gasteiger charge is 2.05. The van der Waals surface area contributed by atoms with Gasteiger partial charge in [-0.15, -0.1) is 11.3 Å². The molecular weight excluding hydrogens is 230 g/mol. The number of thiophene rings is 1. The second-order valence-corrected chi connectivity index (χ2v) is 4.69. The summed E-state index contributed by atoms with van der Waals surface area (Å²) in [7, 11) is 0. The molecule has 0 saturated carbocycles. The zero-order valence-corrected chi connectivity index (χ0v) is 9.87. The predicted octanol–water partition coefficient (Wildman–Crippen LogP) is 3.39. The first-order valence-corrected chi connectivity index (χ1v) is 6.16. The van der Waals surface area contributed by atoms with Crippen molar-refractivity contribution in [3.63, 3.8) is 0 Å². The van der Waals surface area contributed by atoms with Crippen molar-refractivity contribution in [3.05, 3.63) is 48.0 Å². The minimum atomic E-state index is 0.763. The summed E-state index contributed by atoms with van der Waals surface area (Å²) in [4.78, 5) is 8.89. The number of rotatable bonds is 2. The van der Waals surface area contributed by atoms with Gasteiger partial charge in [0.05, 0.1) is 16.8 Å². The maximum Gasteiger partial charge on any atom is 0.137 e. The first-order chi connectivity index (χ1) is 8.33. The van der Waals surface area contributed by atoms with Crippen LogP contribution >= 0.6 is 11.3 Å². The summed E-state index contributed by atoms with van der Waals surface area (Å²) in [5.74, 6) is 0.869. The molecule has 17 heavy (non-hydrogen) atoms. The van der Waals surface area contributed by atoms with Crippen LogP contribution in [0.3, 0.4) is 0 Å². The number of aromatic nitrogens is 2. The van der Waals surface area contributed by atoms with Gasteiger partial charge in [0.15, 0.2) is 0 Å². The molecule has 0 aliphatic rings. The van der Waals surface area contributed by atoms with E-state index in [-0.39, 0.29) is 0 Å². The van der Waals surface area contributed by atoms with Crippen LogP contribution in [0, 0.1) is 0 Å². The number of imidazole rings is 1. The molecule has 84 valence electrons. The van der Waals surface area contributed by atoms with Crippen LogP contribution < -0.4 is 5.73 Å². The first-order valence-electron chi connectivity index (χ1n) is 5.28. The molecule has 2 aromatic heterocycles.